The maximum absolute atomic E-state index is 14.2. The van der Waals surface area contributed by atoms with Crippen LogP contribution in [0.1, 0.15) is 30.1 Å². The number of nitrogens with one attached hydrogen (secondary N) is 1. The molecule has 21 heavy (non-hydrogen) atoms. The van der Waals surface area contributed by atoms with Gasteiger partial charge in [0.1, 0.15) is 0 Å². The van der Waals surface area contributed by atoms with Crippen LogP contribution in [0.4, 0.5) is 10.2 Å². The Labute approximate surface area is 125 Å². The first-order valence-electron chi connectivity index (χ1n) is 7.49. The van der Waals surface area contributed by atoms with Crippen molar-refractivity contribution in [1.82, 2.24) is 14.8 Å². The van der Waals surface area contributed by atoms with E-state index in [9.17, 15) is 9.18 Å². The van der Waals surface area contributed by atoms with Gasteiger partial charge in [-0.15, -0.1) is 0 Å². The molecule has 2 heterocycles. The maximum atomic E-state index is 14.2. The predicted molar refractivity (Wildman–Crippen MR) is 81.0 cm³/mol. The minimum atomic E-state index is -0.572. The van der Waals surface area contributed by atoms with Crippen LogP contribution >= 0.6 is 0 Å². The van der Waals surface area contributed by atoms with Crippen molar-refractivity contribution in [3.05, 3.63) is 23.6 Å². The fourth-order valence-corrected chi connectivity index (χ4v) is 2.50. The Bertz CT molecular complexity index is 489. The van der Waals surface area contributed by atoms with Crippen molar-refractivity contribution >= 4 is 11.7 Å². The van der Waals surface area contributed by atoms with Crippen molar-refractivity contribution in [2.75, 3.05) is 45.1 Å². The number of carbonyl (C=O) groups is 1. The first kappa shape index (κ1) is 15.7. The van der Waals surface area contributed by atoms with Gasteiger partial charge >= 0.3 is 0 Å². The number of pyridine rings is 1. The van der Waals surface area contributed by atoms with Gasteiger partial charge in [-0.3, -0.25) is 4.79 Å². The van der Waals surface area contributed by atoms with Crippen LogP contribution in [0.3, 0.4) is 0 Å². The SMILES string of the molecule is CCNc1nccc(C(=O)N(C)CCN2CCCC2)c1F. The van der Waals surface area contributed by atoms with Crippen LogP contribution in [0.25, 0.3) is 0 Å². The van der Waals surface area contributed by atoms with Crippen LogP contribution in [0.5, 0.6) is 0 Å². The molecule has 1 amide bonds. The van der Waals surface area contributed by atoms with Gasteiger partial charge in [0.15, 0.2) is 11.6 Å². The lowest BCUT2D eigenvalue weighted by Crippen LogP contribution is -2.35. The molecule has 0 aromatic carbocycles. The van der Waals surface area contributed by atoms with Crippen LogP contribution in [-0.4, -0.2) is 60.5 Å². The molecule has 0 aliphatic carbocycles. The molecule has 116 valence electrons. The van der Waals surface area contributed by atoms with Gasteiger partial charge in [-0.1, -0.05) is 0 Å². The number of hydrogen-bond acceptors (Lipinski definition) is 4. The van der Waals surface area contributed by atoms with Gasteiger partial charge in [0.25, 0.3) is 5.91 Å². The molecule has 1 aromatic rings. The molecule has 0 saturated carbocycles. The largest absolute Gasteiger partial charge is 0.368 e. The molecule has 1 fully saturated rings. The highest BCUT2D eigenvalue weighted by molar-refractivity contribution is 5.95. The number of anilines is 1. The van der Waals surface area contributed by atoms with Gasteiger partial charge in [-0.05, 0) is 38.9 Å². The van der Waals surface area contributed by atoms with Gasteiger partial charge in [0.2, 0.25) is 0 Å². The highest BCUT2D eigenvalue weighted by Gasteiger charge is 2.20. The minimum absolute atomic E-state index is 0.0740. The van der Waals surface area contributed by atoms with E-state index in [1.165, 1.54) is 25.1 Å². The molecule has 5 nitrogen and oxygen atoms in total. The molecule has 0 spiro atoms. The van der Waals surface area contributed by atoms with Crippen LogP contribution in [0, 0.1) is 5.82 Å². The fourth-order valence-electron chi connectivity index (χ4n) is 2.50. The molecule has 0 bridgehead atoms. The summed E-state index contributed by atoms with van der Waals surface area (Å²) < 4.78 is 14.2. The first-order chi connectivity index (χ1) is 10.1. The second-order valence-corrected chi connectivity index (χ2v) is 5.33. The summed E-state index contributed by atoms with van der Waals surface area (Å²) in [6, 6.07) is 1.44. The highest BCUT2D eigenvalue weighted by atomic mass is 19.1. The number of amides is 1. The Morgan fingerprint density at radius 2 is 2.19 bits per heavy atom. The van der Waals surface area contributed by atoms with Crippen LogP contribution in [0.15, 0.2) is 12.3 Å². The van der Waals surface area contributed by atoms with Crippen molar-refractivity contribution < 1.29 is 9.18 Å². The zero-order valence-electron chi connectivity index (χ0n) is 12.7. The quantitative estimate of drug-likeness (QED) is 0.869. The monoisotopic (exact) mass is 294 g/mol. The van der Waals surface area contributed by atoms with Crippen molar-refractivity contribution in [1.29, 1.82) is 0 Å². The summed E-state index contributed by atoms with van der Waals surface area (Å²) in [6.07, 6.45) is 3.91. The summed E-state index contributed by atoms with van der Waals surface area (Å²) in [7, 11) is 1.71. The molecule has 0 atom stereocenters. The normalized spacial score (nSPS) is 15.2. The second kappa shape index (κ2) is 7.36. The molecular formula is C15H23FN4O. The number of halogens is 1. The van der Waals surface area contributed by atoms with Gasteiger partial charge in [-0.25, -0.2) is 9.37 Å². The zero-order valence-corrected chi connectivity index (χ0v) is 12.7. The standard InChI is InChI=1S/C15H23FN4O/c1-3-17-14-13(16)12(6-7-18-14)15(21)19(2)10-11-20-8-4-5-9-20/h6-7H,3-5,8-11H2,1-2H3,(H,17,18). The minimum Gasteiger partial charge on any atom is -0.368 e. The molecule has 2 rings (SSSR count). The summed E-state index contributed by atoms with van der Waals surface area (Å²) in [5.74, 6) is -0.734. The summed E-state index contributed by atoms with van der Waals surface area (Å²) in [4.78, 5) is 20.2. The summed E-state index contributed by atoms with van der Waals surface area (Å²) in [6.45, 7) is 6.06. The van der Waals surface area contributed by atoms with Crippen molar-refractivity contribution in [2.24, 2.45) is 0 Å². The summed E-state index contributed by atoms with van der Waals surface area (Å²) in [5, 5.41) is 2.82. The fraction of sp³-hybridized carbons (Fsp3) is 0.600. The van der Waals surface area contributed by atoms with Crippen molar-refractivity contribution in [2.45, 2.75) is 19.8 Å². The molecule has 1 saturated heterocycles. The topological polar surface area (TPSA) is 48.5 Å². The van der Waals surface area contributed by atoms with Crippen LogP contribution in [0.2, 0.25) is 0 Å². The Balaban J connectivity index is 1.99. The lowest BCUT2D eigenvalue weighted by molar-refractivity contribution is 0.0777. The number of nitrogens with zero attached hydrogens (tertiary/aromatic N) is 3. The van der Waals surface area contributed by atoms with Gasteiger partial charge in [-0.2, -0.15) is 0 Å². The van der Waals surface area contributed by atoms with E-state index >= 15 is 0 Å². The maximum Gasteiger partial charge on any atom is 0.256 e. The van der Waals surface area contributed by atoms with Crippen LogP contribution in [-0.2, 0) is 0 Å². The van der Waals surface area contributed by atoms with E-state index in [2.05, 4.69) is 15.2 Å². The summed E-state index contributed by atoms with van der Waals surface area (Å²) >= 11 is 0. The molecule has 1 aromatic heterocycles. The molecular weight excluding hydrogens is 271 g/mol. The number of rotatable bonds is 6. The Hall–Kier alpha value is -1.69. The van der Waals surface area contributed by atoms with E-state index in [0.29, 0.717) is 13.1 Å². The highest BCUT2D eigenvalue weighted by Crippen LogP contribution is 2.16. The van der Waals surface area contributed by atoms with E-state index in [0.717, 1.165) is 19.6 Å². The van der Waals surface area contributed by atoms with Crippen molar-refractivity contribution in [3.63, 3.8) is 0 Å². The van der Waals surface area contributed by atoms with E-state index in [1.807, 2.05) is 6.92 Å². The van der Waals surface area contributed by atoms with E-state index in [4.69, 9.17) is 0 Å². The third-order valence-corrected chi connectivity index (χ3v) is 3.76. The van der Waals surface area contributed by atoms with E-state index in [-0.39, 0.29) is 17.3 Å². The van der Waals surface area contributed by atoms with E-state index in [1.54, 1.807) is 11.9 Å². The third kappa shape index (κ3) is 3.91. The number of aromatic nitrogens is 1. The average Bonchev–Trinajstić information content (AvgIpc) is 3.00. The molecule has 1 aliphatic heterocycles. The molecule has 1 aliphatic rings. The first-order valence-corrected chi connectivity index (χ1v) is 7.49. The second-order valence-electron chi connectivity index (χ2n) is 5.33. The lowest BCUT2D eigenvalue weighted by Gasteiger charge is -2.22. The van der Waals surface area contributed by atoms with Gasteiger partial charge in [0, 0.05) is 32.9 Å². The Kier molecular flexibility index (Phi) is 5.50. The van der Waals surface area contributed by atoms with Gasteiger partial charge < -0.3 is 15.1 Å². The molecule has 0 unspecified atom stereocenters. The smallest absolute Gasteiger partial charge is 0.256 e. The molecule has 1 N–H and O–H groups in total. The van der Waals surface area contributed by atoms with Crippen molar-refractivity contribution in [3.8, 4) is 0 Å². The Morgan fingerprint density at radius 3 is 2.86 bits per heavy atom. The van der Waals surface area contributed by atoms with Gasteiger partial charge in [0.05, 0.1) is 5.56 Å². The number of hydrogen-bond donors (Lipinski definition) is 1. The van der Waals surface area contributed by atoms with Crippen LogP contribution < -0.4 is 5.32 Å². The predicted octanol–water partition coefficient (Wildman–Crippen LogP) is 1.82. The van der Waals surface area contributed by atoms with E-state index < -0.39 is 5.82 Å². The molecule has 0 radical (unpaired) electrons. The average molecular weight is 294 g/mol. The third-order valence-electron chi connectivity index (χ3n) is 3.76. The molecule has 6 heteroatoms. The Morgan fingerprint density at radius 1 is 1.48 bits per heavy atom. The number of carbonyl (C=O) groups excluding carboxylic acids is 1. The zero-order chi connectivity index (χ0) is 15.2. The summed E-state index contributed by atoms with van der Waals surface area (Å²) in [5.41, 5.74) is 0.0740. The number of likely N-dealkylation sites (N-methyl/N-ethyl adjacent to an activating group) is 1. The number of likely N-dealkylation sites (tertiary alicyclic amines) is 1. The lowest BCUT2D eigenvalue weighted by atomic mass is 10.2.